The zero-order chi connectivity index (χ0) is 32.2. The number of aliphatic carboxylic acids is 1. The van der Waals surface area contributed by atoms with Crippen LogP contribution in [0, 0.1) is 51.2 Å². The van der Waals surface area contributed by atoms with Crippen molar-refractivity contribution in [2.45, 2.75) is 159 Å². The number of hydrogen-bond acceptors (Lipinski definition) is 3. The largest absolute Gasteiger partial charge is 0.481 e. The predicted octanol–water partition coefficient (Wildman–Crippen LogP) is 10.4. The van der Waals surface area contributed by atoms with Gasteiger partial charge in [0.05, 0.1) is 5.41 Å². The lowest BCUT2D eigenvalue weighted by Gasteiger charge is -2.58. The summed E-state index contributed by atoms with van der Waals surface area (Å²) in [5.41, 5.74) is 1.15. The Bertz CT molecular complexity index is 982. The zero-order valence-electron chi connectivity index (χ0n) is 29.6. The number of rotatable bonds is 11. The second-order valence-corrected chi connectivity index (χ2v) is 16.9. The normalized spacial score (nSPS) is 33.7. The summed E-state index contributed by atoms with van der Waals surface area (Å²) in [6.45, 7) is 21.8. The Kier molecular flexibility index (Phi) is 11.9. The molecule has 4 aliphatic rings. The number of carboxylic acids is 1. The van der Waals surface area contributed by atoms with Crippen LogP contribution in [-0.4, -0.2) is 29.8 Å². The molecule has 1 amide bonds. The fourth-order valence-corrected chi connectivity index (χ4v) is 10.1. The van der Waals surface area contributed by atoms with Gasteiger partial charge in [-0.1, -0.05) is 86.3 Å². The molecule has 0 aromatic heterocycles. The molecule has 43 heavy (non-hydrogen) atoms. The molecule has 4 aliphatic carbocycles. The molecule has 5 nitrogen and oxygen atoms in total. The van der Waals surface area contributed by atoms with Gasteiger partial charge < -0.3 is 15.2 Å². The van der Waals surface area contributed by atoms with Crippen molar-refractivity contribution < 1.29 is 19.4 Å². The number of carbonyl (C=O) groups is 2. The molecule has 0 aromatic rings. The van der Waals surface area contributed by atoms with E-state index in [2.05, 4.69) is 39.1 Å². The van der Waals surface area contributed by atoms with E-state index >= 15 is 0 Å². The SMILES string of the molecule is CC.CC(C)CCCCC1CCC2C3CC=C4CC(OC(=O)NCC(C)(C)CC(C)(C)C(=O)O)CCC4(C)C3CCC12C. The Labute approximate surface area is 264 Å². The number of amides is 1. The molecule has 248 valence electrons. The van der Waals surface area contributed by atoms with Gasteiger partial charge in [0.2, 0.25) is 0 Å². The molecule has 2 N–H and O–H groups in total. The standard InChI is InChI=1S/C36H61NO4.C2H6/c1-24(2)11-9-10-12-25-14-16-29-28-15-13-26-21-27(17-19-36(26,8)30(28)18-20-35(25,29)7)41-32(40)37-23-33(3,4)22-34(5,6)31(38)39;1-2/h13,24-25,27-30H,9-12,14-23H2,1-8H3,(H,37,40)(H,38,39);1-2H3. The van der Waals surface area contributed by atoms with Crippen LogP contribution >= 0.6 is 0 Å². The average molecular weight is 602 g/mol. The molecular formula is C38H67NO4. The molecule has 7 atom stereocenters. The molecule has 0 bridgehead atoms. The molecule has 0 aromatic carbocycles. The van der Waals surface area contributed by atoms with Crippen molar-refractivity contribution in [1.82, 2.24) is 5.32 Å². The lowest BCUT2D eigenvalue weighted by Crippen LogP contribution is -2.50. The average Bonchev–Trinajstić information content (AvgIpc) is 3.27. The highest BCUT2D eigenvalue weighted by Crippen LogP contribution is 2.66. The Hall–Kier alpha value is -1.52. The Morgan fingerprint density at radius 3 is 2.37 bits per heavy atom. The Morgan fingerprint density at radius 2 is 1.72 bits per heavy atom. The maximum absolute atomic E-state index is 12.8. The van der Waals surface area contributed by atoms with Crippen LogP contribution in [0.25, 0.3) is 0 Å². The van der Waals surface area contributed by atoms with Crippen molar-refractivity contribution >= 4 is 12.1 Å². The van der Waals surface area contributed by atoms with Crippen LogP contribution in [0.3, 0.4) is 0 Å². The van der Waals surface area contributed by atoms with Crippen LogP contribution in [0.2, 0.25) is 0 Å². The van der Waals surface area contributed by atoms with Gasteiger partial charge in [0.25, 0.3) is 0 Å². The van der Waals surface area contributed by atoms with E-state index in [-0.39, 0.29) is 23.0 Å². The summed E-state index contributed by atoms with van der Waals surface area (Å²) in [7, 11) is 0. The van der Waals surface area contributed by atoms with Gasteiger partial charge in [-0.2, -0.15) is 0 Å². The zero-order valence-corrected chi connectivity index (χ0v) is 29.6. The first-order valence-electron chi connectivity index (χ1n) is 17.9. The number of allylic oxidation sites excluding steroid dienone is 1. The Morgan fingerprint density at radius 1 is 1.02 bits per heavy atom. The van der Waals surface area contributed by atoms with E-state index in [1.807, 2.05) is 27.7 Å². The van der Waals surface area contributed by atoms with Crippen molar-refractivity contribution in [2.24, 2.45) is 51.2 Å². The fourth-order valence-electron chi connectivity index (χ4n) is 10.1. The van der Waals surface area contributed by atoms with E-state index in [0.717, 1.165) is 48.9 Å². The minimum Gasteiger partial charge on any atom is -0.481 e. The minimum absolute atomic E-state index is 0.0694. The molecule has 5 heteroatoms. The van der Waals surface area contributed by atoms with Crippen LogP contribution in [-0.2, 0) is 9.53 Å². The van der Waals surface area contributed by atoms with Gasteiger partial charge >= 0.3 is 12.1 Å². The topological polar surface area (TPSA) is 75.6 Å². The minimum atomic E-state index is -0.836. The molecule has 0 heterocycles. The van der Waals surface area contributed by atoms with Gasteiger partial charge in [0.1, 0.15) is 6.10 Å². The van der Waals surface area contributed by atoms with Gasteiger partial charge in [-0.15, -0.1) is 0 Å². The maximum Gasteiger partial charge on any atom is 0.407 e. The number of unbranched alkanes of at least 4 members (excludes halogenated alkanes) is 1. The van der Waals surface area contributed by atoms with Crippen LogP contribution in [0.1, 0.15) is 153 Å². The highest BCUT2D eigenvalue weighted by molar-refractivity contribution is 5.73. The molecule has 0 aliphatic heterocycles. The first-order valence-corrected chi connectivity index (χ1v) is 17.9. The lowest BCUT2D eigenvalue weighted by molar-refractivity contribution is -0.148. The van der Waals surface area contributed by atoms with Crippen LogP contribution in [0.15, 0.2) is 11.6 Å². The highest BCUT2D eigenvalue weighted by Gasteiger charge is 2.58. The lowest BCUT2D eigenvalue weighted by atomic mass is 9.47. The number of nitrogens with one attached hydrogen (secondary N) is 1. The third-order valence-electron chi connectivity index (χ3n) is 12.3. The van der Waals surface area contributed by atoms with Gasteiger partial charge in [0.15, 0.2) is 0 Å². The number of ether oxygens (including phenoxy) is 1. The third kappa shape index (κ3) is 8.20. The molecule has 3 saturated carbocycles. The molecule has 0 spiro atoms. The summed E-state index contributed by atoms with van der Waals surface area (Å²) in [6, 6.07) is 0. The smallest absolute Gasteiger partial charge is 0.407 e. The van der Waals surface area contributed by atoms with E-state index in [1.54, 1.807) is 13.8 Å². The second kappa shape index (κ2) is 14.3. The van der Waals surface area contributed by atoms with Crippen molar-refractivity contribution in [1.29, 1.82) is 0 Å². The monoisotopic (exact) mass is 602 g/mol. The number of alkyl carbamates (subject to hydrolysis) is 1. The van der Waals surface area contributed by atoms with Crippen molar-refractivity contribution in [3.8, 4) is 0 Å². The molecule has 7 unspecified atom stereocenters. The molecule has 0 saturated heterocycles. The molecule has 4 rings (SSSR count). The summed E-state index contributed by atoms with van der Waals surface area (Å²) >= 11 is 0. The van der Waals surface area contributed by atoms with E-state index in [0.29, 0.717) is 18.4 Å². The first-order chi connectivity index (χ1) is 20.1. The summed E-state index contributed by atoms with van der Waals surface area (Å²) in [4.78, 5) is 24.3. The van der Waals surface area contributed by atoms with E-state index in [1.165, 1.54) is 63.4 Å². The van der Waals surface area contributed by atoms with E-state index in [4.69, 9.17) is 4.74 Å². The summed E-state index contributed by atoms with van der Waals surface area (Å²) in [5, 5.41) is 12.4. The molecule has 0 radical (unpaired) electrons. The van der Waals surface area contributed by atoms with E-state index < -0.39 is 11.4 Å². The Balaban J connectivity index is 0.00000248. The van der Waals surface area contributed by atoms with Gasteiger partial charge in [0, 0.05) is 13.0 Å². The first kappa shape index (κ1) is 36.0. The quantitative estimate of drug-likeness (QED) is 0.182. The van der Waals surface area contributed by atoms with Crippen molar-refractivity contribution in [3.05, 3.63) is 11.6 Å². The number of fused-ring (bicyclic) bond motifs is 5. The third-order valence-corrected chi connectivity index (χ3v) is 12.3. The van der Waals surface area contributed by atoms with Crippen LogP contribution in [0.5, 0.6) is 0 Å². The highest BCUT2D eigenvalue weighted by atomic mass is 16.6. The number of carbonyl (C=O) groups excluding carboxylic acids is 1. The summed E-state index contributed by atoms with van der Waals surface area (Å²) in [6.07, 6.45) is 18.0. The van der Waals surface area contributed by atoms with Gasteiger partial charge in [-0.3, -0.25) is 4.79 Å². The molecular weight excluding hydrogens is 534 g/mol. The van der Waals surface area contributed by atoms with Gasteiger partial charge in [-0.25, -0.2) is 4.79 Å². The maximum atomic E-state index is 12.8. The van der Waals surface area contributed by atoms with Gasteiger partial charge in [-0.05, 0) is 117 Å². The summed E-state index contributed by atoms with van der Waals surface area (Å²) in [5.74, 6) is 3.40. The molecule has 3 fully saturated rings. The van der Waals surface area contributed by atoms with E-state index in [9.17, 15) is 14.7 Å². The summed E-state index contributed by atoms with van der Waals surface area (Å²) < 4.78 is 5.95. The fraction of sp³-hybridized carbons (Fsp3) is 0.895. The number of carboxylic acid groups (broad SMARTS) is 1. The second-order valence-electron chi connectivity index (χ2n) is 16.9. The van der Waals surface area contributed by atoms with Crippen molar-refractivity contribution in [3.63, 3.8) is 0 Å². The van der Waals surface area contributed by atoms with Crippen molar-refractivity contribution in [2.75, 3.05) is 6.54 Å². The number of hydrogen-bond donors (Lipinski definition) is 2. The predicted molar refractivity (Wildman–Crippen MR) is 178 cm³/mol. The van der Waals surface area contributed by atoms with Crippen LogP contribution in [0.4, 0.5) is 4.79 Å². The van der Waals surface area contributed by atoms with Crippen LogP contribution < -0.4 is 5.32 Å².